The highest BCUT2D eigenvalue weighted by Gasteiger charge is 2.14. The number of anilines is 1. The molecule has 88 valence electrons. The van der Waals surface area contributed by atoms with Gasteiger partial charge in [-0.05, 0) is 31.2 Å². The predicted molar refractivity (Wildman–Crippen MR) is 65.4 cm³/mol. The summed E-state index contributed by atoms with van der Waals surface area (Å²) in [5.74, 6) is 0.867. The summed E-state index contributed by atoms with van der Waals surface area (Å²) in [6.45, 7) is 4.28. The Labute approximate surface area is 96.9 Å². The van der Waals surface area contributed by atoms with Gasteiger partial charge in [-0.15, -0.1) is 0 Å². The van der Waals surface area contributed by atoms with Gasteiger partial charge in [0.2, 0.25) is 5.95 Å². The molecule has 1 aliphatic heterocycles. The molecule has 1 aromatic rings. The zero-order valence-corrected chi connectivity index (χ0v) is 9.89. The highest BCUT2D eigenvalue weighted by Crippen LogP contribution is 2.15. The SMILES string of the molecule is CCC(N)Cc1cnc(N2CCCC2)nc1. The van der Waals surface area contributed by atoms with Crippen molar-refractivity contribution in [2.75, 3.05) is 18.0 Å². The topological polar surface area (TPSA) is 55.0 Å². The molecule has 1 fully saturated rings. The fraction of sp³-hybridized carbons (Fsp3) is 0.667. The standard InChI is InChI=1S/C12H20N4/c1-2-11(13)7-10-8-14-12(15-9-10)16-5-3-4-6-16/h8-9,11H,2-7,13H2,1H3. The first-order valence-electron chi connectivity index (χ1n) is 6.11. The third-order valence-corrected chi connectivity index (χ3v) is 3.10. The summed E-state index contributed by atoms with van der Waals surface area (Å²) in [5, 5.41) is 0. The van der Waals surface area contributed by atoms with Crippen LogP contribution < -0.4 is 10.6 Å². The maximum absolute atomic E-state index is 5.90. The summed E-state index contributed by atoms with van der Waals surface area (Å²) in [5.41, 5.74) is 7.04. The Bertz CT molecular complexity index is 316. The van der Waals surface area contributed by atoms with Crippen molar-refractivity contribution in [2.24, 2.45) is 5.73 Å². The first-order chi connectivity index (χ1) is 7.79. The minimum atomic E-state index is 0.223. The molecule has 2 heterocycles. The molecule has 0 saturated carbocycles. The molecule has 1 atom stereocenters. The number of rotatable bonds is 4. The second-order valence-electron chi connectivity index (χ2n) is 4.46. The number of aromatic nitrogens is 2. The van der Waals surface area contributed by atoms with E-state index in [0.29, 0.717) is 0 Å². The average Bonchev–Trinajstić information content (AvgIpc) is 2.83. The number of hydrogen-bond donors (Lipinski definition) is 1. The lowest BCUT2D eigenvalue weighted by Gasteiger charge is -2.15. The van der Waals surface area contributed by atoms with Crippen LogP contribution in [-0.4, -0.2) is 29.1 Å². The molecule has 4 heteroatoms. The van der Waals surface area contributed by atoms with Crippen LogP contribution in [0, 0.1) is 0 Å². The van der Waals surface area contributed by atoms with Crippen molar-refractivity contribution >= 4 is 5.95 Å². The molecule has 0 radical (unpaired) electrons. The molecule has 1 aliphatic rings. The van der Waals surface area contributed by atoms with Crippen molar-refractivity contribution in [3.63, 3.8) is 0 Å². The molecule has 0 aliphatic carbocycles. The van der Waals surface area contributed by atoms with Crippen LogP contribution in [-0.2, 0) is 6.42 Å². The summed E-state index contributed by atoms with van der Waals surface area (Å²) in [4.78, 5) is 11.1. The van der Waals surface area contributed by atoms with Crippen LogP contribution in [0.4, 0.5) is 5.95 Å². The molecule has 0 amide bonds. The van der Waals surface area contributed by atoms with E-state index < -0.39 is 0 Å². The van der Waals surface area contributed by atoms with Crippen LogP contribution in [0.3, 0.4) is 0 Å². The fourth-order valence-corrected chi connectivity index (χ4v) is 1.98. The Morgan fingerprint density at radius 3 is 2.50 bits per heavy atom. The van der Waals surface area contributed by atoms with E-state index in [1.54, 1.807) is 0 Å². The Kier molecular flexibility index (Phi) is 3.72. The van der Waals surface area contributed by atoms with E-state index in [2.05, 4.69) is 21.8 Å². The molecular weight excluding hydrogens is 200 g/mol. The monoisotopic (exact) mass is 220 g/mol. The molecule has 1 saturated heterocycles. The fourth-order valence-electron chi connectivity index (χ4n) is 1.98. The summed E-state index contributed by atoms with van der Waals surface area (Å²) in [7, 11) is 0. The Balaban J connectivity index is 1.98. The summed E-state index contributed by atoms with van der Waals surface area (Å²) < 4.78 is 0. The van der Waals surface area contributed by atoms with E-state index in [-0.39, 0.29) is 6.04 Å². The van der Waals surface area contributed by atoms with Gasteiger partial charge in [-0.2, -0.15) is 0 Å². The quantitative estimate of drug-likeness (QED) is 0.832. The van der Waals surface area contributed by atoms with Crippen LogP contribution in [0.2, 0.25) is 0 Å². The second kappa shape index (κ2) is 5.25. The molecule has 1 aromatic heterocycles. The number of nitrogens with two attached hydrogens (primary N) is 1. The maximum atomic E-state index is 5.90. The van der Waals surface area contributed by atoms with Gasteiger partial charge in [0.25, 0.3) is 0 Å². The van der Waals surface area contributed by atoms with Gasteiger partial charge in [0, 0.05) is 31.5 Å². The second-order valence-corrected chi connectivity index (χ2v) is 4.46. The molecule has 1 unspecified atom stereocenters. The van der Waals surface area contributed by atoms with Crippen LogP contribution in [0.25, 0.3) is 0 Å². The number of hydrogen-bond acceptors (Lipinski definition) is 4. The highest BCUT2D eigenvalue weighted by molar-refractivity contribution is 5.31. The molecular formula is C12H20N4. The van der Waals surface area contributed by atoms with E-state index in [4.69, 9.17) is 5.73 Å². The van der Waals surface area contributed by atoms with E-state index in [1.807, 2.05) is 12.4 Å². The molecule has 0 aromatic carbocycles. The highest BCUT2D eigenvalue weighted by atomic mass is 15.3. The van der Waals surface area contributed by atoms with Gasteiger partial charge >= 0.3 is 0 Å². The molecule has 2 rings (SSSR count). The third-order valence-electron chi connectivity index (χ3n) is 3.10. The van der Waals surface area contributed by atoms with Crippen LogP contribution in [0.15, 0.2) is 12.4 Å². The lowest BCUT2D eigenvalue weighted by molar-refractivity contribution is 0.643. The van der Waals surface area contributed by atoms with Crippen LogP contribution in [0.5, 0.6) is 0 Å². The van der Waals surface area contributed by atoms with Crippen LogP contribution >= 0.6 is 0 Å². The van der Waals surface area contributed by atoms with Gasteiger partial charge in [-0.25, -0.2) is 9.97 Å². The van der Waals surface area contributed by atoms with Gasteiger partial charge < -0.3 is 10.6 Å². The molecule has 0 bridgehead atoms. The third kappa shape index (κ3) is 2.70. The molecule has 0 spiro atoms. The predicted octanol–water partition coefficient (Wildman–Crippen LogP) is 1.36. The van der Waals surface area contributed by atoms with E-state index in [1.165, 1.54) is 12.8 Å². The van der Waals surface area contributed by atoms with Gasteiger partial charge in [-0.1, -0.05) is 6.92 Å². The van der Waals surface area contributed by atoms with Crippen LogP contribution in [0.1, 0.15) is 31.7 Å². The van der Waals surface area contributed by atoms with Gasteiger partial charge in [0.15, 0.2) is 0 Å². The maximum Gasteiger partial charge on any atom is 0.225 e. The van der Waals surface area contributed by atoms with Gasteiger partial charge in [0.1, 0.15) is 0 Å². The van der Waals surface area contributed by atoms with Crippen molar-refractivity contribution in [3.05, 3.63) is 18.0 Å². The Morgan fingerprint density at radius 2 is 1.94 bits per heavy atom. The Hall–Kier alpha value is -1.16. The van der Waals surface area contributed by atoms with E-state index in [9.17, 15) is 0 Å². The van der Waals surface area contributed by atoms with Crippen molar-refractivity contribution in [3.8, 4) is 0 Å². The minimum Gasteiger partial charge on any atom is -0.341 e. The summed E-state index contributed by atoms with van der Waals surface area (Å²) in [6, 6.07) is 0.223. The van der Waals surface area contributed by atoms with E-state index in [0.717, 1.165) is 37.4 Å². The van der Waals surface area contributed by atoms with Crippen molar-refractivity contribution in [1.29, 1.82) is 0 Å². The Morgan fingerprint density at radius 1 is 1.31 bits per heavy atom. The zero-order chi connectivity index (χ0) is 11.4. The average molecular weight is 220 g/mol. The summed E-state index contributed by atoms with van der Waals surface area (Å²) in [6.07, 6.45) is 8.20. The number of nitrogens with zero attached hydrogens (tertiary/aromatic N) is 3. The first-order valence-corrected chi connectivity index (χ1v) is 6.11. The van der Waals surface area contributed by atoms with Gasteiger partial charge in [0.05, 0.1) is 0 Å². The molecule has 2 N–H and O–H groups in total. The largest absolute Gasteiger partial charge is 0.341 e. The van der Waals surface area contributed by atoms with Crippen molar-refractivity contribution in [1.82, 2.24) is 9.97 Å². The normalized spacial score (nSPS) is 17.8. The van der Waals surface area contributed by atoms with Gasteiger partial charge in [-0.3, -0.25) is 0 Å². The van der Waals surface area contributed by atoms with Crippen molar-refractivity contribution < 1.29 is 0 Å². The first kappa shape index (κ1) is 11.3. The lowest BCUT2D eigenvalue weighted by Crippen LogP contribution is -2.23. The molecule has 16 heavy (non-hydrogen) atoms. The zero-order valence-electron chi connectivity index (χ0n) is 9.89. The minimum absolute atomic E-state index is 0.223. The summed E-state index contributed by atoms with van der Waals surface area (Å²) >= 11 is 0. The van der Waals surface area contributed by atoms with E-state index >= 15 is 0 Å². The van der Waals surface area contributed by atoms with Crippen molar-refractivity contribution in [2.45, 2.75) is 38.6 Å². The smallest absolute Gasteiger partial charge is 0.225 e. The lowest BCUT2D eigenvalue weighted by atomic mass is 10.1. The molecule has 4 nitrogen and oxygen atoms in total.